The molecule has 0 spiro atoms. The summed E-state index contributed by atoms with van der Waals surface area (Å²) < 4.78 is 4.98. The maximum atomic E-state index is 5.33. The summed E-state index contributed by atoms with van der Waals surface area (Å²) in [6.45, 7) is 0.602. The highest BCUT2D eigenvalue weighted by molar-refractivity contribution is 6.92. The summed E-state index contributed by atoms with van der Waals surface area (Å²) in [6, 6.07) is 10.2. The first-order chi connectivity index (χ1) is 4.93. The van der Waals surface area contributed by atoms with Crippen LogP contribution in [0.25, 0.3) is 0 Å². The third-order valence-corrected chi connectivity index (χ3v) is 1.34. The van der Waals surface area contributed by atoms with E-state index >= 15 is 0 Å². The zero-order chi connectivity index (χ0) is 7.23. The summed E-state index contributed by atoms with van der Waals surface area (Å²) in [6.07, 6.45) is 0. The van der Waals surface area contributed by atoms with Gasteiger partial charge in [-0.3, -0.25) is 0 Å². The number of hydrogen-bond acceptors (Lipinski definition) is 1. The van der Waals surface area contributed by atoms with Crippen molar-refractivity contribution in [3.63, 3.8) is 0 Å². The van der Waals surface area contributed by atoms with Gasteiger partial charge in [0.25, 0.3) is 0 Å². The van der Waals surface area contributed by atoms with Gasteiger partial charge in [-0.25, -0.2) is 0 Å². The van der Waals surface area contributed by atoms with E-state index in [9.17, 15) is 0 Å². The maximum Gasteiger partial charge on any atom is 0.121 e. The van der Waals surface area contributed by atoms with Gasteiger partial charge in [-0.05, 0) is 5.56 Å². The molecule has 1 nitrogen and oxygen atoms in total. The Morgan fingerprint density at radius 1 is 1.18 bits per heavy atom. The number of halogens is 1. The quantitative estimate of drug-likeness (QED) is 0.526. The highest BCUT2D eigenvalue weighted by Crippen LogP contribution is 2.00. The van der Waals surface area contributed by atoms with E-state index in [4.69, 9.17) is 16.3 Å². The van der Waals surface area contributed by atoms with Gasteiger partial charge in [0.1, 0.15) is 6.07 Å². The fraction of sp³-hybridized carbons (Fsp3) is 0.250. The average Bonchev–Trinajstić information content (AvgIpc) is 2.03. The van der Waals surface area contributed by atoms with Crippen LogP contribution < -0.4 is 0 Å². The summed E-state index contributed by atoms with van der Waals surface area (Å²) in [4.78, 5) is 0. The Labute approximate surface area is 75.3 Å². The van der Waals surface area contributed by atoms with Gasteiger partial charge in [0.05, 0.1) is 6.61 Å². The Balaban J connectivity index is 0.000001000. The van der Waals surface area contributed by atoms with Crippen molar-refractivity contribution in [3.8, 4) is 0 Å². The molecule has 0 saturated heterocycles. The van der Waals surface area contributed by atoms with Crippen molar-refractivity contribution >= 4 is 21.5 Å². The van der Waals surface area contributed by atoms with Gasteiger partial charge in [0, 0.05) is 0 Å². The first-order valence-electron chi connectivity index (χ1n) is 3.11. The topological polar surface area (TPSA) is 9.23 Å². The van der Waals surface area contributed by atoms with Gasteiger partial charge >= 0.3 is 0 Å². The van der Waals surface area contributed by atoms with Crippen molar-refractivity contribution in [1.82, 2.24) is 0 Å². The van der Waals surface area contributed by atoms with Crippen LogP contribution in [-0.2, 0) is 11.3 Å². The van der Waals surface area contributed by atoms with Gasteiger partial charge in [0.15, 0.2) is 0 Å². The molecule has 1 unspecified atom stereocenters. The van der Waals surface area contributed by atoms with Crippen LogP contribution >= 0.6 is 21.5 Å². The Morgan fingerprint density at radius 3 is 2.36 bits per heavy atom. The van der Waals surface area contributed by atoms with E-state index in [1.165, 1.54) is 0 Å². The molecule has 0 heterocycles. The molecule has 0 saturated carbocycles. The molecule has 0 N–H and O–H groups in total. The molecule has 0 aliphatic carbocycles. The number of alkyl halides is 1. The molecule has 0 aliphatic rings. The molecular weight excluding hydrogens is 179 g/mol. The van der Waals surface area contributed by atoms with Gasteiger partial charge < -0.3 is 4.74 Å². The predicted molar refractivity (Wildman–Crippen MR) is 53.1 cm³/mol. The summed E-state index contributed by atoms with van der Waals surface area (Å²) in [7, 11) is 0. The van der Waals surface area contributed by atoms with E-state index in [-0.39, 0.29) is 16.0 Å². The molecule has 62 valence electrons. The Morgan fingerprint density at radius 2 is 1.82 bits per heavy atom. The lowest BCUT2D eigenvalue weighted by Gasteiger charge is -1.97. The minimum absolute atomic E-state index is 0. The molecule has 11 heavy (non-hydrogen) atoms. The van der Waals surface area contributed by atoms with Gasteiger partial charge in [-0.1, -0.05) is 41.9 Å². The highest BCUT2D eigenvalue weighted by Gasteiger charge is 1.87. The standard InChI is InChI=1S/C8H9ClO.H3P/c9-7-10-6-8-4-2-1-3-5-8;/h1-5H,6-7H2;1H3. The van der Waals surface area contributed by atoms with Gasteiger partial charge in [-0.15, -0.1) is 0 Å². The van der Waals surface area contributed by atoms with Crippen LogP contribution in [0.15, 0.2) is 30.3 Å². The van der Waals surface area contributed by atoms with E-state index in [1.807, 2.05) is 30.3 Å². The van der Waals surface area contributed by atoms with Crippen LogP contribution in [0.4, 0.5) is 0 Å². The Kier molecular flexibility index (Phi) is 6.54. The first-order valence-corrected chi connectivity index (χ1v) is 3.64. The molecule has 0 radical (unpaired) electrons. The summed E-state index contributed by atoms with van der Waals surface area (Å²) in [5.74, 6) is 0. The van der Waals surface area contributed by atoms with Gasteiger partial charge in [0.2, 0.25) is 0 Å². The van der Waals surface area contributed by atoms with E-state index in [0.29, 0.717) is 6.61 Å². The molecule has 1 aromatic carbocycles. The zero-order valence-corrected chi connectivity index (χ0v) is 8.46. The molecule has 1 rings (SSSR count). The number of hydrogen-bond donors (Lipinski definition) is 0. The number of ether oxygens (including phenoxy) is 1. The van der Waals surface area contributed by atoms with Gasteiger partial charge in [-0.2, -0.15) is 9.90 Å². The monoisotopic (exact) mass is 190 g/mol. The van der Waals surface area contributed by atoms with E-state index in [2.05, 4.69) is 0 Å². The lowest BCUT2D eigenvalue weighted by molar-refractivity contribution is 0.165. The predicted octanol–water partition coefficient (Wildman–Crippen LogP) is 2.46. The van der Waals surface area contributed by atoms with Crippen LogP contribution in [0.1, 0.15) is 5.56 Å². The Bertz CT molecular complexity index is 179. The molecule has 0 aliphatic heterocycles. The summed E-state index contributed by atoms with van der Waals surface area (Å²) in [5.41, 5.74) is 1.16. The van der Waals surface area contributed by atoms with Crippen LogP contribution in [0.5, 0.6) is 0 Å². The van der Waals surface area contributed by atoms with Crippen molar-refractivity contribution in [2.24, 2.45) is 0 Å². The molecular formula is C8H12ClOP. The molecule has 0 amide bonds. The lowest BCUT2D eigenvalue weighted by Crippen LogP contribution is -1.88. The van der Waals surface area contributed by atoms with Crippen LogP contribution in [-0.4, -0.2) is 6.07 Å². The first kappa shape index (κ1) is 10.9. The SMILES string of the molecule is ClCOCc1ccccc1.P. The lowest BCUT2D eigenvalue weighted by atomic mass is 10.2. The van der Waals surface area contributed by atoms with Crippen molar-refractivity contribution in [1.29, 1.82) is 0 Å². The summed E-state index contributed by atoms with van der Waals surface area (Å²) in [5, 5.41) is 0. The molecule has 1 atom stereocenters. The molecule has 0 aromatic heterocycles. The Hall–Kier alpha value is -0.100. The smallest absolute Gasteiger partial charge is 0.121 e. The van der Waals surface area contributed by atoms with Crippen LogP contribution in [0.3, 0.4) is 0 Å². The van der Waals surface area contributed by atoms with Crippen molar-refractivity contribution < 1.29 is 4.74 Å². The second-order valence-electron chi connectivity index (χ2n) is 1.94. The number of rotatable bonds is 3. The third-order valence-electron chi connectivity index (χ3n) is 1.19. The normalized spacial score (nSPS) is 8.82. The van der Waals surface area contributed by atoms with Crippen molar-refractivity contribution in [3.05, 3.63) is 35.9 Å². The summed E-state index contributed by atoms with van der Waals surface area (Å²) >= 11 is 5.33. The minimum atomic E-state index is 0. The van der Waals surface area contributed by atoms with E-state index < -0.39 is 0 Å². The number of benzene rings is 1. The average molecular weight is 191 g/mol. The minimum Gasteiger partial charge on any atom is -0.361 e. The fourth-order valence-electron chi connectivity index (χ4n) is 0.731. The molecule has 0 bridgehead atoms. The largest absolute Gasteiger partial charge is 0.361 e. The zero-order valence-electron chi connectivity index (χ0n) is 6.29. The molecule has 3 heteroatoms. The highest BCUT2D eigenvalue weighted by atomic mass is 35.5. The van der Waals surface area contributed by atoms with E-state index in [1.54, 1.807) is 0 Å². The third kappa shape index (κ3) is 4.36. The second kappa shape index (κ2) is 6.60. The fourth-order valence-corrected chi connectivity index (χ4v) is 0.808. The molecule has 1 aromatic rings. The maximum absolute atomic E-state index is 5.33. The second-order valence-corrected chi connectivity index (χ2v) is 2.16. The van der Waals surface area contributed by atoms with Crippen LogP contribution in [0, 0.1) is 0 Å². The van der Waals surface area contributed by atoms with Crippen molar-refractivity contribution in [2.75, 3.05) is 6.07 Å². The molecule has 0 fully saturated rings. The van der Waals surface area contributed by atoms with E-state index in [0.717, 1.165) is 5.56 Å². The van der Waals surface area contributed by atoms with Crippen LogP contribution in [0.2, 0.25) is 0 Å². The van der Waals surface area contributed by atoms with Crippen molar-refractivity contribution in [2.45, 2.75) is 6.61 Å².